The van der Waals surface area contributed by atoms with Crippen LogP contribution in [0.2, 0.25) is 0 Å². The molecule has 0 aliphatic carbocycles. The third-order valence-corrected chi connectivity index (χ3v) is 3.67. The van der Waals surface area contributed by atoms with Crippen LogP contribution in [0.15, 0.2) is 42.5 Å². The highest BCUT2D eigenvalue weighted by Gasteiger charge is 2.11. The van der Waals surface area contributed by atoms with Crippen molar-refractivity contribution >= 4 is 11.0 Å². The summed E-state index contributed by atoms with van der Waals surface area (Å²) in [6, 6.07) is 14.3. The fourth-order valence-corrected chi connectivity index (χ4v) is 2.57. The highest BCUT2D eigenvalue weighted by atomic mass is 16.5. The summed E-state index contributed by atoms with van der Waals surface area (Å²) >= 11 is 0. The van der Waals surface area contributed by atoms with Crippen molar-refractivity contribution in [1.29, 1.82) is 0 Å². The van der Waals surface area contributed by atoms with Gasteiger partial charge in [-0.15, -0.1) is 0 Å². The second kappa shape index (κ2) is 5.81. The minimum atomic E-state index is 0.157. The van der Waals surface area contributed by atoms with Crippen LogP contribution in [0.25, 0.3) is 22.4 Å². The lowest BCUT2D eigenvalue weighted by Gasteiger charge is -2.09. The van der Waals surface area contributed by atoms with Crippen LogP contribution < -0.4 is 10.5 Å². The van der Waals surface area contributed by atoms with Crippen LogP contribution in [0.3, 0.4) is 0 Å². The predicted molar refractivity (Wildman–Crippen MR) is 89.8 cm³/mol. The van der Waals surface area contributed by atoms with E-state index in [0.717, 1.165) is 33.7 Å². The van der Waals surface area contributed by atoms with Gasteiger partial charge in [-0.3, -0.25) is 0 Å². The van der Waals surface area contributed by atoms with Crippen molar-refractivity contribution in [1.82, 2.24) is 9.55 Å². The van der Waals surface area contributed by atoms with E-state index in [-0.39, 0.29) is 6.10 Å². The lowest BCUT2D eigenvalue weighted by Crippen LogP contribution is -2.05. The first-order chi connectivity index (χ1) is 10.6. The van der Waals surface area contributed by atoms with Gasteiger partial charge in [-0.25, -0.2) is 4.98 Å². The van der Waals surface area contributed by atoms with E-state index in [2.05, 4.69) is 22.8 Å². The first-order valence-electron chi connectivity index (χ1n) is 7.51. The zero-order valence-corrected chi connectivity index (χ0v) is 13.2. The SMILES string of the molecule is CC(C)Oc1ccc2c(c1)nc(-c1ccc(CN)cc1)n2C. The molecule has 0 aliphatic rings. The Kier molecular flexibility index (Phi) is 3.86. The number of nitrogens with two attached hydrogens (primary N) is 1. The van der Waals surface area contributed by atoms with Gasteiger partial charge in [-0.05, 0) is 31.5 Å². The molecule has 4 nitrogen and oxygen atoms in total. The molecule has 1 heterocycles. The van der Waals surface area contributed by atoms with Gasteiger partial charge in [0.15, 0.2) is 0 Å². The molecule has 0 radical (unpaired) electrons. The Hall–Kier alpha value is -2.33. The molecule has 114 valence electrons. The van der Waals surface area contributed by atoms with Crippen LogP contribution in [0, 0.1) is 0 Å². The molecule has 0 amide bonds. The summed E-state index contributed by atoms with van der Waals surface area (Å²) in [6.07, 6.45) is 0.157. The van der Waals surface area contributed by atoms with Gasteiger partial charge in [0, 0.05) is 25.2 Å². The maximum atomic E-state index is 5.74. The number of imidazole rings is 1. The average molecular weight is 295 g/mol. The van der Waals surface area contributed by atoms with E-state index in [9.17, 15) is 0 Å². The van der Waals surface area contributed by atoms with Gasteiger partial charge in [0.25, 0.3) is 0 Å². The Morgan fingerprint density at radius 2 is 1.86 bits per heavy atom. The molecule has 2 N–H and O–H groups in total. The Labute approximate surface area is 130 Å². The van der Waals surface area contributed by atoms with Crippen LogP contribution >= 0.6 is 0 Å². The number of aromatic nitrogens is 2. The maximum absolute atomic E-state index is 5.74. The number of hydrogen-bond donors (Lipinski definition) is 1. The van der Waals surface area contributed by atoms with E-state index in [1.54, 1.807) is 0 Å². The van der Waals surface area contributed by atoms with E-state index < -0.39 is 0 Å². The molecule has 0 fully saturated rings. The first kappa shape index (κ1) is 14.6. The Morgan fingerprint density at radius 1 is 1.14 bits per heavy atom. The standard InChI is InChI=1S/C18H21N3O/c1-12(2)22-15-8-9-17-16(10-15)20-18(21(17)3)14-6-4-13(11-19)5-7-14/h4-10,12H,11,19H2,1-3H3. The topological polar surface area (TPSA) is 53.1 Å². The quantitative estimate of drug-likeness (QED) is 0.801. The molecule has 0 bridgehead atoms. The number of aryl methyl sites for hydroxylation is 1. The summed E-state index contributed by atoms with van der Waals surface area (Å²) in [5.74, 6) is 1.80. The molecule has 0 aliphatic heterocycles. The molecule has 3 rings (SSSR count). The van der Waals surface area contributed by atoms with E-state index >= 15 is 0 Å². The third kappa shape index (κ3) is 2.70. The highest BCUT2D eigenvalue weighted by Crippen LogP contribution is 2.27. The van der Waals surface area contributed by atoms with Gasteiger partial charge < -0.3 is 15.0 Å². The van der Waals surface area contributed by atoms with Gasteiger partial charge in [0.2, 0.25) is 0 Å². The number of hydrogen-bond acceptors (Lipinski definition) is 3. The van der Waals surface area contributed by atoms with E-state index in [1.807, 2.05) is 45.2 Å². The van der Waals surface area contributed by atoms with Gasteiger partial charge in [-0.1, -0.05) is 24.3 Å². The summed E-state index contributed by atoms with van der Waals surface area (Å²) in [7, 11) is 2.03. The first-order valence-corrected chi connectivity index (χ1v) is 7.51. The fraction of sp³-hybridized carbons (Fsp3) is 0.278. The third-order valence-electron chi connectivity index (χ3n) is 3.67. The van der Waals surface area contributed by atoms with Crippen LogP contribution in [0.1, 0.15) is 19.4 Å². The molecule has 0 spiro atoms. The van der Waals surface area contributed by atoms with Gasteiger partial charge in [-0.2, -0.15) is 0 Å². The lowest BCUT2D eigenvalue weighted by atomic mass is 10.1. The number of benzene rings is 2. The summed E-state index contributed by atoms with van der Waals surface area (Å²) < 4.78 is 7.85. The lowest BCUT2D eigenvalue weighted by molar-refractivity contribution is 0.242. The molecule has 0 atom stereocenters. The second-order valence-corrected chi connectivity index (χ2v) is 5.71. The molecule has 0 unspecified atom stereocenters. The molecular formula is C18H21N3O. The summed E-state index contributed by atoms with van der Waals surface area (Å²) in [5.41, 5.74) is 9.89. The van der Waals surface area contributed by atoms with Gasteiger partial charge >= 0.3 is 0 Å². The van der Waals surface area contributed by atoms with Crippen molar-refractivity contribution in [2.75, 3.05) is 0 Å². The van der Waals surface area contributed by atoms with E-state index in [0.29, 0.717) is 6.54 Å². The Morgan fingerprint density at radius 3 is 2.50 bits per heavy atom. The zero-order chi connectivity index (χ0) is 15.7. The smallest absolute Gasteiger partial charge is 0.140 e. The van der Waals surface area contributed by atoms with Crippen molar-refractivity contribution in [2.24, 2.45) is 12.8 Å². The largest absolute Gasteiger partial charge is 0.491 e. The average Bonchev–Trinajstić information content (AvgIpc) is 2.83. The van der Waals surface area contributed by atoms with Crippen molar-refractivity contribution < 1.29 is 4.74 Å². The number of fused-ring (bicyclic) bond motifs is 1. The normalized spacial score (nSPS) is 11.3. The molecule has 3 aromatic rings. The van der Waals surface area contributed by atoms with Gasteiger partial charge in [0.05, 0.1) is 17.1 Å². The molecule has 22 heavy (non-hydrogen) atoms. The van der Waals surface area contributed by atoms with Crippen LogP contribution in [0.4, 0.5) is 0 Å². The molecule has 0 saturated carbocycles. The van der Waals surface area contributed by atoms with Crippen LogP contribution in [-0.2, 0) is 13.6 Å². The van der Waals surface area contributed by atoms with Crippen molar-refractivity contribution in [3.8, 4) is 17.1 Å². The number of ether oxygens (including phenoxy) is 1. The Balaban J connectivity index is 2.04. The fourth-order valence-electron chi connectivity index (χ4n) is 2.57. The van der Waals surface area contributed by atoms with E-state index in [4.69, 9.17) is 15.5 Å². The number of nitrogens with zero attached hydrogens (tertiary/aromatic N) is 2. The zero-order valence-electron chi connectivity index (χ0n) is 13.2. The molecule has 0 saturated heterocycles. The summed E-state index contributed by atoms with van der Waals surface area (Å²) in [5, 5.41) is 0. The predicted octanol–water partition coefficient (Wildman–Crippen LogP) is 3.49. The van der Waals surface area contributed by atoms with Crippen molar-refractivity contribution in [2.45, 2.75) is 26.5 Å². The van der Waals surface area contributed by atoms with Crippen LogP contribution in [-0.4, -0.2) is 15.7 Å². The van der Waals surface area contributed by atoms with E-state index in [1.165, 1.54) is 0 Å². The summed E-state index contributed by atoms with van der Waals surface area (Å²) in [4.78, 5) is 4.76. The molecule has 4 heteroatoms. The second-order valence-electron chi connectivity index (χ2n) is 5.71. The Bertz CT molecular complexity index is 788. The molecule has 1 aromatic heterocycles. The minimum Gasteiger partial charge on any atom is -0.491 e. The molecule has 2 aromatic carbocycles. The minimum absolute atomic E-state index is 0.157. The molecular weight excluding hydrogens is 274 g/mol. The van der Waals surface area contributed by atoms with Crippen LogP contribution in [0.5, 0.6) is 5.75 Å². The highest BCUT2D eigenvalue weighted by molar-refractivity contribution is 5.81. The number of rotatable bonds is 4. The van der Waals surface area contributed by atoms with Gasteiger partial charge in [0.1, 0.15) is 11.6 Å². The van der Waals surface area contributed by atoms with Crippen molar-refractivity contribution in [3.63, 3.8) is 0 Å². The summed E-state index contributed by atoms with van der Waals surface area (Å²) in [6.45, 7) is 4.60. The maximum Gasteiger partial charge on any atom is 0.140 e. The monoisotopic (exact) mass is 295 g/mol. The van der Waals surface area contributed by atoms with Crippen molar-refractivity contribution in [3.05, 3.63) is 48.0 Å².